The van der Waals surface area contributed by atoms with Crippen LogP contribution in [-0.2, 0) is 4.74 Å². The molecular weight excluding hydrogens is 260 g/mol. The Kier molecular flexibility index (Phi) is 4.31. The molecule has 0 aliphatic carbocycles. The molecule has 2 heterocycles. The summed E-state index contributed by atoms with van der Waals surface area (Å²) in [6, 6.07) is 0. The molecule has 0 saturated carbocycles. The highest BCUT2D eigenvalue weighted by Crippen LogP contribution is 2.27. The second kappa shape index (κ2) is 5.79. The first-order chi connectivity index (χ1) is 9.04. The van der Waals surface area contributed by atoms with Gasteiger partial charge < -0.3 is 15.4 Å². The van der Waals surface area contributed by atoms with Gasteiger partial charge in [-0.25, -0.2) is 0 Å². The number of nitrogens with zero attached hydrogens (tertiary/aromatic N) is 3. The monoisotopic (exact) mass is 280 g/mol. The summed E-state index contributed by atoms with van der Waals surface area (Å²) in [6.45, 7) is 6.55. The fourth-order valence-electron chi connectivity index (χ4n) is 2.51. The Hall–Kier alpha value is -1.27. The van der Waals surface area contributed by atoms with E-state index in [1.54, 1.807) is 7.11 Å². The van der Waals surface area contributed by atoms with E-state index in [0.29, 0.717) is 10.9 Å². The number of aromatic nitrogens is 2. The van der Waals surface area contributed by atoms with Crippen LogP contribution in [0.2, 0.25) is 0 Å². The Morgan fingerprint density at radius 1 is 1.47 bits per heavy atom. The maximum Gasteiger partial charge on any atom is 0.161 e. The van der Waals surface area contributed by atoms with Crippen LogP contribution in [0.5, 0.6) is 0 Å². The average molecular weight is 280 g/mol. The van der Waals surface area contributed by atoms with E-state index in [0.717, 1.165) is 48.8 Å². The van der Waals surface area contributed by atoms with Crippen LogP contribution in [0, 0.1) is 19.8 Å². The highest BCUT2D eigenvalue weighted by Gasteiger charge is 2.27. The zero-order valence-electron chi connectivity index (χ0n) is 11.6. The van der Waals surface area contributed by atoms with Gasteiger partial charge in [0.05, 0.1) is 17.9 Å². The van der Waals surface area contributed by atoms with Gasteiger partial charge in [-0.15, -0.1) is 5.10 Å². The maximum absolute atomic E-state index is 5.86. The number of methoxy groups -OCH3 is 1. The smallest absolute Gasteiger partial charge is 0.161 e. The normalized spacial score (nSPS) is 18.9. The fourth-order valence-corrected chi connectivity index (χ4v) is 2.75. The van der Waals surface area contributed by atoms with Crippen LogP contribution in [0.25, 0.3) is 0 Å². The van der Waals surface area contributed by atoms with Gasteiger partial charge in [-0.2, -0.15) is 5.10 Å². The largest absolute Gasteiger partial charge is 0.389 e. The van der Waals surface area contributed by atoms with Crippen molar-refractivity contribution in [2.24, 2.45) is 11.7 Å². The second-order valence-electron chi connectivity index (χ2n) is 5.03. The number of ether oxygens (including phenoxy) is 1. The van der Waals surface area contributed by atoms with Crippen molar-refractivity contribution in [1.29, 1.82) is 0 Å². The molecule has 2 N–H and O–H groups in total. The Morgan fingerprint density at radius 2 is 2.21 bits per heavy atom. The third-order valence-electron chi connectivity index (χ3n) is 3.67. The van der Waals surface area contributed by atoms with E-state index in [9.17, 15) is 0 Å². The third kappa shape index (κ3) is 2.84. The van der Waals surface area contributed by atoms with Crippen molar-refractivity contribution in [2.45, 2.75) is 20.3 Å². The lowest BCUT2D eigenvalue weighted by molar-refractivity contribution is 0.161. The maximum atomic E-state index is 5.86. The van der Waals surface area contributed by atoms with Crippen LogP contribution in [-0.4, -0.2) is 42.0 Å². The summed E-state index contributed by atoms with van der Waals surface area (Å²) in [5.41, 5.74) is 8.61. The van der Waals surface area contributed by atoms with E-state index in [-0.39, 0.29) is 0 Å². The van der Waals surface area contributed by atoms with Crippen molar-refractivity contribution in [3.05, 3.63) is 16.8 Å². The van der Waals surface area contributed by atoms with Gasteiger partial charge in [0.15, 0.2) is 5.82 Å². The Morgan fingerprint density at radius 3 is 2.84 bits per heavy atom. The van der Waals surface area contributed by atoms with Gasteiger partial charge in [-0.1, -0.05) is 12.2 Å². The first kappa shape index (κ1) is 14.1. The first-order valence-corrected chi connectivity index (χ1v) is 6.83. The molecule has 0 bridgehead atoms. The highest BCUT2D eigenvalue weighted by atomic mass is 32.1. The summed E-state index contributed by atoms with van der Waals surface area (Å²) in [7, 11) is 1.74. The van der Waals surface area contributed by atoms with Crippen LogP contribution in [0.4, 0.5) is 5.82 Å². The number of hydrogen-bond donors (Lipinski definition) is 1. The summed E-state index contributed by atoms with van der Waals surface area (Å²) >= 11 is 5.17. The summed E-state index contributed by atoms with van der Waals surface area (Å²) in [4.78, 5) is 2.60. The van der Waals surface area contributed by atoms with Crippen molar-refractivity contribution in [3.8, 4) is 0 Å². The van der Waals surface area contributed by atoms with Crippen LogP contribution in [0.1, 0.15) is 23.2 Å². The number of thiocarbonyl (C=S) groups is 1. The Balaban J connectivity index is 2.31. The molecule has 0 radical (unpaired) electrons. The van der Waals surface area contributed by atoms with Crippen LogP contribution in [0.3, 0.4) is 0 Å². The second-order valence-corrected chi connectivity index (χ2v) is 5.47. The lowest BCUT2D eigenvalue weighted by Crippen LogP contribution is -2.27. The molecule has 1 unspecified atom stereocenters. The SMILES string of the molecule is COCC1CCN(c2nnc(C)c(C)c2C(N)=S)C1. The number of aryl methyl sites for hydroxylation is 1. The summed E-state index contributed by atoms with van der Waals surface area (Å²) < 4.78 is 5.22. The lowest BCUT2D eigenvalue weighted by Gasteiger charge is -2.21. The van der Waals surface area contributed by atoms with E-state index >= 15 is 0 Å². The molecule has 1 atom stereocenters. The van der Waals surface area contributed by atoms with E-state index in [1.807, 2.05) is 13.8 Å². The number of anilines is 1. The zero-order chi connectivity index (χ0) is 14.0. The van der Waals surface area contributed by atoms with Gasteiger partial charge in [-0.05, 0) is 25.8 Å². The lowest BCUT2D eigenvalue weighted by atomic mass is 10.1. The minimum absolute atomic E-state index is 0.390. The third-order valence-corrected chi connectivity index (χ3v) is 3.87. The predicted octanol–water partition coefficient (Wildman–Crippen LogP) is 1.20. The first-order valence-electron chi connectivity index (χ1n) is 6.42. The zero-order valence-corrected chi connectivity index (χ0v) is 12.5. The molecule has 19 heavy (non-hydrogen) atoms. The van der Waals surface area contributed by atoms with Crippen molar-refractivity contribution in [2.75, 3.05) is 31.7 Å². The summed E-state index contributed by atoms with van der Waals surface area (Å²) in [6.07, 6.45) is 1.10. The molecular formula is C13H20N4OS. The molecule has 6 heteroatoms. The van der Waals surface area contributed by atoms with Crippen LogP contribution in [0.15, 0.2) is 0 Å². The van der Waals surface area contributed by atoms with Crippen molar-refractivity contribution in [1.82, 2.24) is 10.2 Å². The van der Waals surface area contributed by atoms with Crippen molar-refractivity contribution < 1.29 is 4.74 Å². The molecule has 1 aromatic heterocycles. The molecule has 1 aliphatic heterocycles. The molecule has 104 valence electrons. The molecule has 0 amide bonds. The average Bonchev–Trinajstić information content (AvgIpc) is 2.81. The van der Waals surface area contributed by atoms with Gasteiger partial charge in [-0.3, -0.25) is 0 Å². The Labute approximate surface area is 119 Å². The molecule has 0 spiro atoms. The highest BCUT2D eigenvalue weighted by molar-refractivity contribution is 7.80. The summed E-state index contributed by atoms with van der Waals surface area (Å²) in [5, 5.41) is 8.50. The predicted molar refractivity (Wildman–Crippen MR) is 79.6 cm³/mol. The quantitative estimate of drug-likeness (QED) is 0.836. The van der Waals surface area contributed by atoms with E-state index in [1.165, 1.54) is 0 Å². The molecule has 1 fully saturated rings. The van der Waals surface area contributed by atoms with E-state index in [2.05, 4.69) is 15.1 Å². The Bertz CT molecular complexity index is 492. The summed E-state index contributed by atoms with van der Waals surface area (Å²) in [5.74, 6) is 1.35. The van der Waals surface area contributed by atoms with Gasteiger partial charge in [0.2, 0.25) is 0 Å². The van der Waals surface area contributed by atoms with E-state index in [4.69, 9.17) is 22.7 Å². The van der Waals surface area contributed by atoms with Gasteiger partial charge >= 0.3 is 0 Å². The molecule has 1 saturated heterocycles. The minimum atomic E-state index is 0.390. The van der Waals surface area contributed by atoms with Crippen molar-refractivity contribution in [3.63, 3.8) is 0 Å². The molecule has 5 nitrogen and oxygen atoms in total. The molecule has 1 aromatic rings. The van der Waals surface area contributed by atoms with E-state index < -0.39 is 0 Å². The van der Waals surface area contributed by atoms with Gasteiger partial charge in [0.25, 0.3) is 0 Å². The fraction of sp³-hybridized carbons (Fsp3) is 0.615. The van der Waals surface area contributed by atoms with Gasteiger partial charge in [0, 0.05) is 26.1 Å². The molecule has 1 aliphatic rings. The van der Waals surface area contributed by atoms with Gasteiger partial charge in [0.1, 0.15) is 4.99 Å². The number of nitrogens with two attached hydrogens (primary N) is 1. The van der Waals surface area contributed by atoms with Crippen LogP contribution < -0.4 is 10.6 Å². The molecule has 0 aromatic carbocycles. The molecule has 2 rings (SSSR count). The standard InChI is InChI=1S/C13H20N4OS/c1-8-9(2)15-16-13(11(8)12(14)19)17-5-4-10(6-17)7-18-3/h10H,4-7H2,1-3H3,(H2,14,19). The minimum Gasteiger partial charge on any atom is -0.389 e. The number of hydrogen-bond acceptors (Lipinski definition) is 5. The number of rotatable bonds is 4. The van der Waals surface area contributed by atoms with Crippen LogP contribution >= 0.6 is 12.2 Å². The van der Waals surface area contributed by atoms with Crippen molar-refractivity contribution >= 4 is 23.0 Å². The topological polar surface area (TPSA) is 64.3 Å².